The summed E-state index contributed by atoms with van der Waals surface area (Å²) in [4.78, 5) is 13.1. The molecular formula is C45H85NO10. The van der Waals surface area contributed by atoms with E-state index in [2.05, 4.69) is 43.5 Å². The van der Waals surface area contributed by atoms with Gasteiger partial charge in [0.15, 0.2) is 6.29 Å². The SMILES string of the molecule is CCCCCC/C=C/CC/C=C/CCCC(O)C(O)C(COC1OC(CO)C(O)C(O)C1O)NC(=O)C(O)CCCCCCCCCCCCCCCCCC. The largest absolute Gasteiger partial charge is 0.394 e. The molecule has 0 radical (unpaired) electrons. The third-order valence-corrected chi connectivity index (χ3v) is 11.0. The van der Waals surface area contributed by atoms with Gasteiger partial charge in [0.1, 0.15) is 36.6 Å². The molecule has 0 aromatic rings. The number of hydrogen-bond acceptors (Lipinski definition) is 10. The molecular weight excluding hydrogens is 714 g/mol. The maximum absolute atomic E-state index is 13.1. The van der Waals surface area contributed by atoms with Gasteiger partial charge in [0, 0.05) is 0 Å². The van der Waals surface area contributed by atoms with E-state index < -0.39 is 74.2 Å². The van der Waals surface area contributed by atoms with E-state index in [-0.39, 0.29) is 12.8 Å². The third kappa shape index (κ3) is 25.2. The Labute approximate surface area is 340 Å². The number of aliphatic hydroxyl groups excluding tert-OH is 7. The summed E-state index contributed by atoms with van der Waals surface area (Å²) >= 11 is 0. The van der Waals surface area contributed by atoms with Crippen molar-refractivity contribution in [3.8, 4) is 0 Å². The minimum atomic E-state index is -1.67. The highest BCUT2D eigenvalue weighted by atomic mass is 16.7. The molecule has 1 fully saturated rings. The van der Waals surface area contributed by atoms with Gasteiger partial charge in [0.25, 0.3) is 0 Å². The van der Waals surface area contributed by atoms with Crippen molar-refractivity contribution in [1.29, 1.82) is 0 Å². The number of ether oxygens (including phenoxy) is 2. The van der Waals surface area contributed by atoms with Crippen LogP contribution in [0.2, 0.25) is 0 Å². The van der Waals surface area contributed by atoms with Crippen molar-refractivity contribution in [2.24, 2.45) is 0 Å². The summed E-state index contributed by atoms with van der Waals surface area (Å²) < 4.78 is 11.1. The predicted molar refractivity (Wildman–Crippen MR) is 224 cm³/mol. The first-order chi connectivity index (χ1) is 27.2. The average molecular weight is 800 g/mol. The molecule has 1 heterocycles. The number of rotatable bonds is 37. The summed E-state index contributed by atoms with van der Waals surface area (Å²) in [5.41, 5.74) is 0. The fourth-order valence-corrected chi connectivity index (χ4v) is 7.16. The molecule has 56 heavy (non-hydrogen) atoms. The van der Waals surface area contributed by atoms with Crippen LogP contribution in [-0.4, -0.2) is 110 Å². The number of carbonyl (C=O) groups excluding carboxylic acids is 1. The maximum atomic E-state index is 13.1. The lowest BCUT2D eigenvalue weighted by Gasteiger charge is -2.40. The van der Waals surface area contributed by atoms with Crippen molar-refractivity contribution >= 4 is 5.91 Å². The molecule has 0 aromatic carbocycles. The fraction of sp³-hybridized carbons (Fsp3) is 0.889. The molecule has 0 bridgehead atoms. The van der Waals surface area contributed by atoms with Gasteiger partial charge in [-0.2, -0.15) is 0 Å². The van der Waals surface area contributed by atoms with Crippen molar-refractivity contribution in [2.75, 3.05) is 13.2 Å². The zero-order valence-electron chi connectivity index (χ0n) is 35.4. The van der Waals surface area contributed by atoms with Crippen molar-refractivity contribution in [3.05, 3.63) is 24.3 Å². The molecule has 0 aliphatic carbocycles. The first-order valence-corrected chi connectivity index (χ1v) is 22.7. The summed E-state index contributed by atoms with van der Waals surface area (Å²) in [5.74, 6) is -0.711. The summed E-state index contributed by atoms with van der Waals surface area (Å²) in [7, 11) is 0. The van der Waals surface area contributed by atoms with Crippen LogP contribution in [0.1, 0.15) is 187 Å². The second-order valence-electron chi connectivity index (χ2n) is 16.1. The topological polar surface area (TPSA) is 189 Å². The number of unbranched alkanes of at least 4 members (excludes halogenated alkanes) is 21. The molecule has 1 rings (SSSR count). The standard InChI is InChI=1S/C45H85NO10/c1-3-5-7-9-11-13-15-17-18-19-21-23-25-27-29-31-33-38(49)44(54)46-36(35-55-45-43(53)42(52)41(51)39(34-47)56-45)40(50)37(48)32-30-28-26-24-22-20-16-14-12-10-8-6-4-2/h14,16,24,26,36-43,45,47-53H,3-13,15,17-23,25,27-35H2,1-2H3,(H,46,54)/b16-14+,26-24+. The first kappa shape index (κ1) is 52.6. The van der Waals surface area contributed by atoms with Gasteiger partial charge in [0.2, 0.25) is 5.91 Å². The number of hydrogen-bond donors (Lipinski definition) is 8. The Bertz CT molecular complexity index is 965. The fourth-order valence-electron chi connectivity index (χ4n) is 7.16. The highest BCUT2D eigenvalue weighted by Gasteiger charge is 2.44. The van der Waals surface area contributed by atoms with E-state index in [1.165, 1.54) is 103 Å². The summed E-state index contributed by atoms with van der Waals surface area (Å²) in [6, 6.07) is -1.19. The molecule has 1 aliphatic rings. The molecule has 0 spiro atoms. The van der Waals surface area contributed by atoms with E-state index in [4.69, 9.17) is 9.47 Å². The molecule has 330 valence electrons. The van der Waals surface area contributed by atoms with Crippen LogP contribution >= 0.6 is 0 Å². The van der Waals surface area contributed by atoms with E-state index in [0.717, 1.165) is 38.5 Å². The van der Waals surface area contributed by atoms with Crippen LogP contribution in [0.5, 0.6) is 0 Å². The van der Waals surface area contributed by atoms with Gasteiger partial charge in [-0.05, 0) is 51.4 Å². The Morgan fingerprint density at radius 3 is 1.59 bits per heavy atom. The van der Waals surface area contributed by atoms with Crippen LogP contribution < -0.4 is 5.32 Å². The van der Waals surface area contributed by atoms with Gasteiger partial charge in [0.05, 0.1) is 25.4 Å². The minimum Gasteiger partial charge on any atom is -0.394 e. The molecule has 1 saturated heterocycles. The molecule has 11 heteroatoms. The van der Waals surface area contributed by atoms with E-state index >= 15 is 0 Å². The molecule has 11 nitrogen and oxygen atoms in total. The molecule has 1 aliphatic heterocycles. The van der Waals surface area contributed by atoms with Crippen molar-refractivity contribution in [2.45, 2.75) is 242 Å². The summed E-state index contributed by atoms with van der Waals surface area (Å²) in [6.07, 6.45) is 26.6. The Balaban J connectivity index is 2.49. The monoisotopic (exact) mass is 800 g/mol. The minimum absolute atomic E-state index is 0.247. The highest BCUT2D eigenvalue weighted by molar-refractivity contribution is 5.80. The van der Waals surface area contributed by atoms with Crippen LogP contribution in [0.25, 0.3) is 0 Å². The summed E-state index contributed by atoms with van der Waals surface area (Å²) in [6.45, 7) is 3.39. The maximum Gasteiger partial charge on any atom is 0.249 e. The molecule has 0 aromatic heterocycles. The zero-order chi connectivity index (χ0) is 41.2. The second-order valence-corrected chi connectivity index (χ2v) is 16.1. The Morgan fingerprint density at radius 2 is 1.07 bits per heavy atom. The van der Waals surface area contributed by atoms with Gasteiger partial charge in [-0.1, -0.05) is 160 Å². The lowest BCUT2D eigenvalue weighted by Crippen LogP contribution is -2.60. The van der Waals surface area contributed by atoms with Gasteiger partial charge in [-0.25, -0.2) is 0 Å². The van der Waals surface area contributed by atoms with Crippen LogP contribution in [-0.2, 0) is 14.3 Å². The Hall–Kier alpha value is -1.41. The third-order valence-electron chi connectivity index (χ3n) is 11.0. The smallest absolute Gasteiger partial charge is 0.249 e. The molecule has 8 N–H and O–H groups in total. The number of carbonyl (C=O) groups is 1. The Morgan fingerprint density at radius 1 is 0.607 bits per heavy atom. The van der Waals surface area contributed by atoms with Crippen molar-refractivity contribution < 1.29 is 50.0 Å². The molecule has 0 saturated carbocycles. The molecule has 9 atom stereocenters. The average Bonchev–Trinajstić information content (AvgIpc) is 3.20. The number of amides is 1. The first-order valence-electron chi connectivity index (χ1n) is 22.7. The highest BCUT2D eigenvalue weighted by Crippen LogP contribution is 2.23. The predicted octanol–water partition coefficient (Wildman–Crippen LogP) is 7.06. The van der Waals surface area contributed by atoms with E-state index in [9.17, 15) is 40.5 Å². The van der Waals surface area contributed by atoms with Crippen molar-refractivity contribution in [3.63, 3.8) is 0 Å². The van der Waals surface area contributed by atoms with Crippen molar-refractivity contribution in [1.82, 2.24) is 5.32 Å². The summed E-state index contributed by atoms with van der Waals surface area (Å²) in [5, 5.41) is 75.5. The zero-order valence-corrected chi connectivity index (χ0v) is 35.4. The van der Waals surface area contributed by atoms with Crippen LogP contribution in [0.4, 0.5) is 0 Å². The lowest BCUT2D eigenvalue weighted by molar-refractivity contribution is -0.303. The number of nitrogens with one attached hydrogen (secondary N) is 1. The lowest BCUT2D eigenvalue weighted by atomic mass is 9.98. The second kappa shape index (κ2) is 35.5. The van der Waals surface area contributed by atoms with E-state index in [0.29, 0.717) is 19.3 Å². The van der Waals surface area contributed by atoms with Crippen LogP contribution in [0.15, 0.2) is 24.3 Å². The molecule has 9 unspecified atom stereocenters. The van der Waals surface area contributed by atoms with Gasteiger partial charge in [-0.3, -0.25) is 4.79 Å². The normalized spacial score (nSPS) is 22.5. The van der Waals surface area contributed by atoms with Crippen LogP contribution in [0, 0.1) is 0 Å². The quantitative estimate of drug-likeness (QED) is 0.0239. The number of aliphatic hydroxyl groups is 7. The number of allylic oxidation sites excluding steroid dienone is 4. The Kier molecular flexibility index (Phi) is 33.4. The van der Waals surface area contributed by atoms with Gasteiger partial charge < -0.3 is 50.5 Å². The van der Waals surface area contributed by atoms with E-state index in [1.807, 2.05) is 0 Å². The van der Waals surface area contributed by atoms with Crippen LogP contribution in [0.3, 0.4) is 0 Å². The molecule has 1 amide bonds. The van der Waals surface area contributed by atoms with Gasteiger partial charge in [-0.15, -0.1) is 0 Å². The van der Waals surface area contributed by atoms with Gasteiger partial charge >= 0.3 is 0 Å². The van der Waals surface area contributed by atoms with E-state index in [1.54, 1.807) is 0 Å².